The zero-order chi connectivity index (χ0) is 16.6. The van der Waals surface area contributed by atoms with Gasteiger partial charge < -0.3 is 10.5 Å². The van der Waals surface area contributed by atoms with Gasteiger partial charge in [-0.05, 0) is 37.1 Å². The van der Waals surface area contributed by atoms with Crippen LogP contribution in [0.4, 0.5) is 8.78 Å². The number of halogens is 2. The summed E-state index contributed by atoms with van der Waals surface area (Å²) in [5.74, 6) is 0.117. The van der Waals surface area contributed by atoms with Gasteiger partial charge in [0.05, 0.1) is 17.1 Å². The summed E-state index contributed by atoms with van der Waals surface area (Å²) in [6.07, 6.45) is 1.48. The van der Waals surface area contributed by atoms with E-state index in [4.69, 9.17) is 10.5 Å². The van der Waals surface area contributed by atoms with E-state index in [-0.39, 0.29) is 5.75 Å². The van der Waals surface area contributed by atoms with E-state index in [9.17, 15) is 8.78 Å². The number of fused-ring (bicyclic) bond motifs is 1. The van der Waals surface area contributed by atoms with Gasteiger partial charge >= 0.3 is 6.61 Å². The summed E-state index contributed by atoms with van der Waals surface area (Å²) >= 11 is 0. The lowest BCUT2D eigenvalue weighted by atomic mass is 9.93. The summed E-state index contributed by atoms with van der Waals surface area (Å²) in [7, 11) is 0. The molecule has 3 N–H and O–H groups in total. The molecule has 0 radical (unpaired) electrons. The van der Waals surface area contributed by atoms with Crippen molar-refractivity contribution >= 4 is 10.9 Å². The lowest BCUT2D eigenvalue weighted by Crippen LogP contribution is -2.28. The van der Waals surface area contributed by atoms with E-state index < -0.39 is 12.2 Å². The standard InChI is InChI=1S/C17H17F2N3O/c1-17(2,20)11-5-3-10(4-6-11)12-7-8-14-13(9-21-22-14)15(12)23-16(18)19/h3-9,16H,20H2,1-2H3,(H,21,22). The molecule has 1 heterocycles. The number of aromatic nitrogens is 2. The molecule has 2 aromatic carbocycles. The molecular formula is C17H17F2N3O. The van der Waals surface area contributed by atoms with Crippen molar-refractivity contribution in [2.45, 2.75) is 26.0 Å². The number of alkyl halides is 2. The first-order valence-corrected chi connectivity index (χ1v) is 7.17. The maximum absolute atomic E-state index is 12.8. The minimum Gasteiger partial charge on any atom is -0.433 e. The Kier molecular flexibility index (Phi) is 3.77. The van der Waals surface area contributed by atoms with E-state index >= 15 is 0 Å². The number of aromatic amines is 1. The van der Waals surface area contributed by atoms with Crippen LogP contribution in [0, 0.1) is 0 Å². The second kappa shape index (κ2) is 5.62. The Hall–Kier alpha value is -2.47. The number of nitrogens with one attached hydrogen (secondary N) is 1. The molecule has 0 aliphatic carbocycles. The number of nitrogens with zero attached hydrogens (tertiary/aromatic N) is 1. The van der Waals surface area contributed by atoms with E-state index in [1.807, 2.05) is 38.1 Å². The van der Waals surface area contributed by atoms with Gasteiger partial charge in [0.2, 0.25) is 0 Å². The number of benzene rings is 2. The van der Waals surface area contributed by atoms with E-state index in [0.717, 1.165) is 11.1 Å². The average molecular weight is 317 g/mol. The molecule has 0 aliphatic rings. The van der Waals surface area contributed by atoms with Crippen molar-refractivity contribution in [2.75, 3.05) is 0 Å². The van der Waals surface area contributed by atoms with Crippen LogP contribution in [0.3, 0.4) is 0 Å². The highest BCUT2D eigenvalue weighted by molar-refractivity contribution is 5.92. The van der Waals surface area contributed by atoms with Gasteiger partial charge in [-0.15, -0.1) is 0 Å². The average Bonchev–Trinajstić information content (AvgIpc) is 2.95. The molecule has 0 saturated carbocycles. The Bertz CT molecular complexity index is 820. The van der Waals surface area contributed by atoms with Crippen LogP contribution in [0.1, 0.15) is 19.4 Å². The second-order valence-electron chi connectivity index (χ2n) is 5.95. The van der Waals surface area contributed by atoms with Crippen molar-refractivity contribution in [3.8, 4) is 16.9 Å². The van der Waals surface area contributed by atoms with Crippen molar-refractivity contribution in [2.24, 2.45) is 5.73 Å². The highest BCUT2D eigenvalue weighted by Gasteiger charge is 2.18. The van der Waals surface area contributed by atoms with Gasteiger partial charge in [0.25, 0.3) is 0 Å². The molecule has 6 heteroatoms. The second-order valence-corrected chi connectivity index (χ2v) is 5.95. The first kappa shape index (κ1) is 15.4. The number of ether oxygens (including phenoxy) is 1. The molecule has 120 valence electrons. The Labute approximate surface area is 132 Å². The van der Waals surface area contributed by atoms with Gasteiger partial charge in [0, 0.05) is 11.1 Å². The van der Waals surface area contributed by atoms with Crippen LogP contribution >= 0.6 is 0 Å². The Morgan fingerprint density at radius 3 is 2.43 bits per heavy atom. The fraction of sp³-hybridized carbons (Fsp3) is 0.235. The Balaban J connectivity index is 2.11. The lowest BCUT2D eigenvalue weighted by molar-refractivity contribution is -0.0484. The number of rotatable bonds is 4. The summed E-state index contributed by atoms with van der Waals surface area (Å²) < 4.78 is 30.4. The van der Waals surface area contributed by atoms with Crippen LogP contribution in [0.2, 0.25) is 0 Å². The predicted octanol–water partition coefficient (Wildman–Crippen LogP) is 4.03. The zero-order valence-corrected chi connectivity index (χ0v) is 12.8. The fourth-order valence-corrected chi connectivity index (χ4v) is 2.51. The van der Waals surface area contributed by atoms with Crippen LogP contribution in [0.25, 0.3) is 22.0 Å². The van der Waals surface area contributed by atoms with Crippen molar-refractivity contribution in [3.63, 3.8) is 0 Å². The molecule has 0 aliphatic heterocycles. The molecule has 0 spiro atoms. The lowest BCUT2D eigenvalue weighted by Gasteiger charge is -2.19. The summed E-state index contributed by atoms with van der Waals surface area (Å²) in [4.78, 5) is 0. The maximum atomic E-state index is 12.8. The normalized spacial score (nSPS) is 12.1. The smallest absolute Gasteiger partial charge is 0.387 e. The molecule has 0 unspecified atom stereocenters. The van der Waals surface area contributed by atoms with Crippen LogP contribution in [0.15, 0.2) is 42.6 Å². The van der Waals surface area contributed by atoms with Crippen LogP contribution in [-0.2, 0) is 5.54 Å². The molecule has 3 rings (SSSR count). The van der Waals surface area contributed by atoms with Crippen molar-refractivity contribution < 1.29 is 13.5 Å². The van der Waals surface area contributed by atoms with E-state index in [1.165, 1.54) is 6.20 Å². The number of hydrogen-bond acceptors (Lipinski definition) is 3. The molecule has 4 nitrogen and oxygen atoms in total. The molecule has 0 bridgehead atoms. The first-order valence-electron chi connectivity index (χ1n) is 7.17. The molecule has 0 amide bonds. The summed E-state index contributed by atoms with van der Waals surface area (Å²) in [5.41, 5.74) is 8.56. The van der Waals surface area contributed by atoms with Crippen molar-refractivity contribution in [1.29, 1.82) is 0 Å². The van der Waals surface area contributed by atoms with E-state index in [0.29, 0.717) is 16.5 Å². The highest BCUT2D eigenvalue weighted by atomic mass is 19.3. The van der Waals surface area contributed by atoms with Crippen LogP contribution in [-0.4, -0.2) is 16.8 Å². The number of nitrogens with two attached hydrogens (primary N) is 1. The van der Waals surface area contributed by atoms with Gasteiger partial charge in [-0.1, -0.05) is 24.3 Å². The Morgan fingerprint density at radius 2 is 1.83 bits per heavy atom. The third-order valence-corrected chi connectivity index (χ3v) is 3.72. The third kappa shape index (κ3) is 3.03. The SMILES string of the molecule is CC(C)(N)c1ccc(-c2ccc3[nH]ncc3c2OC(F)F)cc1. The first-order chi connectivity index (χ1) is 10.9. The van der Waals surface area contributed by atoms with Gasteiger partial charge in [-0.3, -0.25) is 5.10 Å². The summed E-state index contributed by atoms with van der Waals surface area (Å²) in [6, 6.07) is 11.0. The van der Waals surface area contributed by atoms with Gasteiger partial charge in [-0.2, -0.15) is 13.9 Å². The van der Waals surface area contributed by atoms with E-state index in [1.54, 1.807) is 12.1 Å². The molecule has 0 atom stereocenters. The highest BCUT2D eigenvalue weighted by Crippen LogP contribution is 2.37. The molecule has 3 aromatic rings. The number of H-pyrrole nitrogens is 1. The topological polar surface area (TPSA) is 63.9 Å². The largest absolute Gasteiger partial charge is 0.433 e. The predicted molar refractivity (Wildman–Crippen MR) is 85.4 cm³/mol. The molecule has 0 saturated heterocycles. The molecule has 1 aromatic heterocycles. The van der Waals surface area contributed by atoms with Crippen molar-refractivity contribution in [3.05, 3.63) is 48.2 Å². The number of hydrogen-bond donors (Lipinski definition) is 2. The quantitative estimate of drug-likeness (QED) is 0.764. The molecular weight excluding hydrogens is 300 g/mol. The van der Waals surface area contributed by atoms with Gasteiger partial charge in [0.1, 0.15) is 5.75 Å². The van der Waals surface area contributed by atoms with E-state index in [2.05, 4.69) is 10.2 Å². The van der Waals surface area contributed by atoms with Gasteiger partial charge in [-0.25, -0.2) is 0 Å². The third-order valence-electron chi connectivity index (χ3n) is 3.72. The summed E-state index contributed by atoms with van der Waals surface area (Å²) in [5, 5.41) is 7.15. The Morgan fingerprint density at radius 1 is 1.13 bits per heavy atom. The van der Waals surface area contributed by atoms with Crippen molar-refractivity contribution in [1.82, 2.24) is 10.2 Å². The minimum atomic E-state index is -2.91. The fourth-order valence-electron chi connectivity index (χ4n) is 2.51. The summed E-state index contributed by atoms with van der Waals surface area (Å²) in [6.45, 7) is 0.909. The molecule has 0 fully saturated rings. The maximum Gasteiger partial charge on any atom is 0.387 e. The van der Waals surface area contributed by atoms with Crippen LogP contribution in [0.5, 0.6) is 5.75 Å². The zero-order valence-electron chi connectivity index (χ0n) is 12.8. The molecule has 23 heavy (non-hydrogen) atoms. The van der Waals surface area contributed by atoms with Gasteiger partial charge in [0.15, 0.2) is 0 Å². The van der Waals surface area contributed by atoms with Crippen LogP contribution < -0.4 is 10.5 Å². The minimum absolute atomic E-state index is 0.117. The monoisotopic (exact) mass is 317 g/mol.